The summed E-state index contributed by atoms with van der Waals surface area (Å²) in [5.41, 5.74) is 4.76. The number of nitrogens with one attached hydrogen (secondary N) is 2. The second-order valence-corrected chi connectivity index (χ2v) is 9.24. The van der Waals surface area contributed by atoms with E-state index >= 15 is 0 Å². The van der Waals surface area contributed by atoms with Gasteiger partial charge in [-0.25, -0.2) is 18.9 Å². The van der Waals surface area contributed by atoms with E-state index in [1.54, 1.807) is 20.9 Å². The number of alkyl halides is 1. The van der Waals surface area contributed by atoms with Gasteiger partial charge in [0.25, 0.3) is 0 Å². The van der Waals surface area contributed by atoms with Crippen LogP contribution in [0, 0.1) is 12.8 Å². The van der Waals surface area contributed by atoms with Crippen molar-refractivity contribution in [3.63, 3.8) is 0 Å². The number of halogens is 1. The van der Waals surface area contributed by atoms with Gasteiger partial charge in [0, 0.05) is 36.1 Å². The summed E-state index contributed by atoms with van der Waals surface area (Å²) in [4.78, 5) is 9.14. The van der Waals surface area contributed by atoms with Gasteiger partial charge < -0.3 is 10.6 Å². The molecule has 0 saturated heterocycles. The molecule has 3 heterocycles. The van der Waals surface area contributed by atoms with E-state index in [2.05, 4.69) is 51.8 Å². The van der Waals surface area contributed by atoms with Crippen LogP contribution in [0.5, 0.6) is 0 Å². The number of hydrogen-bond donors (Lipinski definition) is 2. The van der Waals surface area contributed by atoms with Gasteiger partial charge in [-0.1, -0.05) is 19.2 Å². The molecule has 6 nitrogen and oxygen atoms in total. The molecule has 1 aliphatic rings. The maximum atomic E-state index is 12.3. The summed E-state index contributed by atoms with van der Waals surface area (Å²) in [6.07, 6.45) is 10.0. The smallest absolute Gasteiger partial charge is 0.223 e. The molecule has 3 aromatic heterocycles. The third kappa shape index (κ3) is 6.48. The van der Waals surface area contributed by atoms with Gasteiger partial charge in [0.2, 0.25) is 5.95 Å². The van der Waals surface area contributed by atoms with Crippen molar-refractivity contribution in [2.45, 2.75) is 52.2 Å². The molecule has 0 aromatic carbocycles. The van der Waals surface area contributed by atoms with Crippen LogP contribution in [0.1, 0.15) is 56.0 Å². The Kier molecular flexibility index (Phi) is 7.64. The van der Waals surface area contributed by atoms with Crippen LogP contribution >= 0.6 is 0 Å². The second-order valence-electron chi connectivity index (χ2n) is 9.24. The molecule has 1 aliphatic carbocycles. The zero-order valence-electron chi connectivity index (χ0n) is 20.3. The van der Waals surface area contributed by atoms with Crippen LogP contribution in [0.25, 0.3) is 17.2 Å². The molecule has 0 unspecified atom stereocenters. The molecule has 2 N–H and O–H groups in total. The number of aryl methyl sites for hydroxylation is 1. The van der Waals surface area contributed by atoms with E-state index in [1.807, 2.05) is 42.2 Å². The van der Waals surface area contributed by atoms with Crippen molar-refractivity contribution in [1.82, 2.24) is 24.9 Å². The molecular weight excluding hydrogens is 415 g/mol. The molecule has 0 radical (unpaired) electrons. The number of anilines is 1. The van der Waals surface area contributed by atoms with E-state index < -0.39 is 5.67 Å². The maximum Gasteiger partial charge on any atom is 0.223 e. The first-order valence-electron chi connectivity index (χ1n) is 11.4. The Labute approximate surface area is 196 Å². The minimum Gasteiger partial charge on any atom is -0.351 e. The maximum absolute atomic E-state index is 12.3. The second kappa shape index (κ2) is 10.3. The number of aromatic nitrogens is 4. The topological polar surface area (TPSA) is 67.1 Å². The van der Waals surface area contributed by atoms with Crippen molar-refractivity contribution in [3.05, 3.63) is 66.3 Å². The number of rotatable bonds is 8. The van der Waals surface area contributed by atoms with E-state index in [0.717, 1.165) is 39.4 Å². The molecule has 33 heavy (non-hydrogen) atoms. The Morgan fingerprint density at radius 3 is 2.64 bits per heavy atom. The first-order chi connectivity index (χ1) is 15.6. The Morgan fingerprint density at radius 2 is 2.09 bits per heavy atom. The fourth-order valence-electron chi connectivity index (χ4n) is 3.67. The Bertz CT molecular complexity index is 1120. The van der Waals surface area contributed by atoms with E-state index in [4.69, 9.17) is 0 Å². The third-order valence-corrected chi connectivity index (χ3v) is 5.71. The average Bonchev–Trinajstić information content (AvgIpc) is 3.53. The van der Waals surface area contributed by atoms with Crippen LogP contribution in [0.3, 0.4) is 0 Å². The summed E-state index contributed by atoms with van der Waals surface area (Å²) in [5.74, 6) is 1.45. The molecule has 4 rings (SSSR count). The van der Waals surface area contributed by atoms with Crippen molar-refractivity contribution in [3.8, 4) is 0 Å². The highest BCUT2D eigenvalue weighted by atomic mass is 19.1. The fourth-order valence-corrected chi connectivity index (χ4v) is 3.67. The van der Waals surface area contributed by atoms with Gasteiger partial charge in [-0.15, -0.1) is 0 Å². The highest BCUT2D eigenvalue weighted by molar-refractivity contribution is 5.82. The minimum atomic E-state index is -1.06. The van der Waals surface area contributed by atoms with Gasteiger partial charge in [0.15, 0.2) is 0 Å². The van der Waals surface area contributed by atoms with Crippen molar-refractivity contribution in [1.29, 1.82) is 0 Å². The molecule has 176 valence electrons. The SMILES string of the molecule is C=Cc1cnn2ccc(C(=C)c3cnc(N[C@H](C)C4CC4)nc3C)cc12.CNCC(C)(C)F. The molecule has 0 amide bonds. The molecule has 1 atom stereocenters. The number of hydrogen-bond acceptors (Lipinski definition) is 5. The molecule has 0 spiro atoms. The summed E-state index contributed by atoms with van der Waals surface area (Å²) in [7, 11) is 1.74. The van der Waals surface area contributed by atoms with Gasteiger partial charge in [0.05, 0.1) is 17.4 Å². The van der Waals surface area contributed by atoms with Crippen LogP contribution < -0.4 is 10.6 Å². The molecular formula is C26H35FN6. The van der Waals surface area contributed by atoms with E-state index in [1.165, 1.54) is 12.8 Å². The summed E-state index contributed by atoms with van der Waals surface area (Å²) in [6.45, 7) is 15.8. The molecule has 1 fully saturated rings. The standard InChI is InChI=1S/C21H23N5.C5H12FN/c1-5-16-11-23-26-9-8-18(10-20(16)26)13(2)19-12-22-21(25-15(19)4)24-14(3)17-6-7-17;1-5(2,6)4-7-3/h5,8-12,14,17H,1-2,6-7H2,3-4H3,(H,22,24,25);7H,4H2,1-3H3/t14-;/m1./s1. The van der Waals surface area contributed by atoms with Crippen LogP contribution in [0.4, 0.5) is 10.3 Å². The number of nitrogens with zero attached hydrogens (tertiary/aromatic N) is 4. The van der Waals surface area contributed by atoms with Gasteiger partial charge in [-0.05, 0) is 76.8 Å². The lowest BCUT2D eigenvalue weighted by Crippen LogP contribution is -2.27. The lowest BCUT2D eigenvalue weighted by Gasteiger charge is -2.15. The minimum absolute atomic E-state index is 0.421. The molecule has 0 bridgehead atoms. The summed E-state index contributed by atoms with van der Waals surface area (Å²) in [5, 5.41) is 10.5. The van der Waals surface area contributed by atoms with Crippen LogP contribution in [0.2, 0.25) is 0 Å². The van der Waals surface area contributed by atoms with Crippen LogP contribution in [0.15, 0.2) is 43.9 Å². The average molecular weight is 451 g/mol. The monoisotopic (exact) mass is 450 g/mol. The van der Waals surface area contributed by atoms with Crippen molar-refractivity contribution >= 4 is 23.1 Å². The fraction of sp³-hybridized carbons (Fsp3) is 0.423. The highest BCUT2D eigenvalue weighted by Crippen LogP contribution is 2.33. The lowest BCUT2D eigenvalue weighted by atomic mass is 10.00. The molecule has 3 aromatic rings. The van der Waals surface area contributed by atoms with Crippen molar-refractivity contribution in [2.24, 2.45) is 5.92 Å². The van der Waals surface area contributed by atoms with Crippen LogP contribution in [-0.2, 0) is 0 Å². The number of fused-ring (bicyclic) bond motifs is 1. The Morgan fingerprint density at radius 1 is 1.36 bits per heavy atom. The summed E-state index contributed by atoms with van der Waals surface area (Å²) < 4.78 is 14.2. The normalized spacial score (nSPS) is 14.4. The van der Waals surface area contributed by atoms with Gasteiger partial charge in [-0.3, -0.25) is 0 Å². The van der Waals surface area contributed by atoms with Gasteiger partial charge in [0.1, 0.15) is 5.67 Å². The van der Waals surface area contributed by atoms with Gasteiger partial charge >= 0.3 is 0 Å². The first-order valence-corrected chi connectivity index (χ1v) is 11.4. The molecule has 7 heteroatoms. The Balaban J connectivity index is 0.000000383. The van der Waals surface area contributed by atoms with E-state index in [9.17, 15) is 4.39 Å². The Hall–Kier alpha value is -3.06. The zero-order valence-corrected chi connectivity index (χ0v) is 20.3. The third-order valence-electron chi connectivity index (χ3n) is 5.71. The number of pyridine rings is 1. The first kappa shape index (κ1) is 24.6. The lowest BCUT2D eigenvalue weighted by molar-refractivity contribution is 0.215. The summed E-state index contributed by atoms with van der Waals surface area (Å²) in [6, 6.07) is 4.51. The van der Waals surface area contributed by atoms with Crippen molar-refractivity contribution < 1.29 is 4.39 Å². The highest BCUT2D eigenvalue weighted by Gasteiger charge is 2.28. The molecule has 1 saturated carbocycles. The largest absolute Gasteiger partial charge is 0.351 e. The quantitative estimate of drug-likeness (QED) is 0.487. The predicted molar refractivity (Wildman–Crippen MR) is 135 cm³/mol. The van der Waals surface area contributed by atoms with Gasteiger partial charge in [-0.2, -0.15) is 5.10 Å². The predicted octanol–water partition coefficient (Wildman–Crippen LogP) is 5.30. The molecule has 0 aliphatic heterocycles. The summed E-state index contributed by atoms with van der Waals surface area (Å²) >= 11 is 0. The van der Waals surface area contributed by atoms with E-state index in [0.29, 0.717) is 18.5 Å². The van der Waals surface area contributed by atoms with E-state index in [-0.39, 0.29) is 0 Å². The van der Waals surface area contributed by atoms with Crippen molar-refractivity contribution in [2.75, 3.05) is 18.9 Å². The zero-order chi connectivity index (χ0) is 24.2. The van der Waals surface area contributed by atoms with Crippen LogP contribution in [-0.4, -0.2) is 44.9 Å².